The van der Waals surface area contributed by atoms with Gasteiger partial charge in [-0.1, -0.05) is 13.8 Å². The molecule has 14 heavy (non-hydrogen) atoms. The molecule has 4 fully saturated rings. The molecule has 4 rings (SSSR count). The first-order valence-electron chi connectivity index (χ1n) is 5.82. The highest BCUT2D eigenvalue weighted by Crippen LogP contribution is 2.66. The van der Waals surface area contributed by atoms with Gasteiger partial charge in [0.25, 0.3) is 0 Å². The van der Waals surface area contributed by atoms with Crippen LogP contribution in [-0.4, -0.2) is 16.2 Å². The van der Waals surface area contributed by atoms with Crippen LogP contribution in [0, 0.1) is 10.8 Å². The topological polar surface area (TPSA) is 47.9 Å². The molecule has 0 aromatic heterocycles. The number of quaternary nitrogens is 1. The van der Waals surface area contributed by atoms with Gasteiger partial charge < -0.3 is 10.8 Å². The largest absolute Gasteiger partial charge is 0.390 e. The monoisotopic (exact) mass is 196 g/mol. The van der Waals surface area contributed by atoms with Crippen molar-refractivity contribution < 1.29 is 10.8 Å². The molecule has 0 aromatic carbocycles. The Balaban J connectivity index is 2.08. The van der Waals surface area contributed by atoms with Gasteiger partial charge in [0.2, 0.25) is 0 Å². The van der Waals surface area contributed by atoms with E-state index in [0.717, 1.165) is 19.3 Å². The number of aliphatic hydroxyl groups is 1. The highest BCUT2D eigenvalue weighted by Gasteiger charge is 2.65. The first-order chi connectivity index (χ1) is 6.24. The molecule has 4 bridgehead atoms. The minimum Gasteiger partial charge on any atom is -0.390 e. The van der Waals surface area contributed by atoms with Gasteiger partial charge in [0.15, 0.2) is 0 Å². The quantitative estimate of drug-likeness (QED) is 0.598. The van der Waals surface area contributed by atoms with Gasteiger partial charge >= 0.3 is 0 Å². The molecule has 4 saturated carbocycles. The van der Waals surface area contributed by atoms with Crippen molar-refractivity contribution in [3.63, 3.8) is 0 Å². The lowest BCUT2D eigenvalue weighted by Crippen LogP contribution is -2.83. The zero-order valence-electron chi connectivity index (χ0n) is 9.40. The molecule has 0 spiro atoms. The van der Waals surface area contributed by atoms with E-state index in [0.29, 0.717) is 10.8 Å². The normalized spacial score (nSPS) is 66.0. The fraction of sp³-hybridized carbons (Fsp3) is 1.00. The van der Waals surface area contributed by atoms with Crippen molar-refractivity contribution in [1.29, 1.82) is 0 Å². The predicted molar refractivity (Wildman–Crippen MR) is 54.5 cm³/mol. The molecule has 2 atom stereocenters. The van der Waals surface area contributed by atoms with Crippen LogP contribution in [0.1, 0.15) is 52.4 Å². The van der Waals surface area contributed by atoms with Crippen LogP contribution in [0.25, 0.3) is 0 Å². The van der Waals surface area contributed by atoms with Gasteiger partial charge in [-0.2, -0.15) is 0 Å². The van der Waals surface area contributed by atoms with E-state index < -0.39 is 0 Å². The predicted octanol–water partition coefficient (Wildman–Crippen LogP) is 1.09. The van der Waals surface area contributed by atoms with Gasteiger partial charge in [-0.25, -0.2) is 0 Å². The first-order valence-corrected chi connectivity index (χ1v) is 5.82. The maximum absolute atomic E-state index is 10.6. The van der Waals surface area contributed by atoms with Gasteiger partial charge in [0, 0.05) is 19.3 Å². The molecule has 0 saturated heterocycles. The molecule has 0 aliphatic heterocycles. The minimum absolute atomic E-state index is 0.188. The highest BCUT2D eigenvalue weighted by atomic mass is 16.3. The van der Waals surface area contributed by atoms with E-state index >= 15 is 0 Å². The number of hydrogen-bond acceptors (Lipinski definition) is 1. The molecule has 4 N–H and O–H groups in total. The van der Waals surface area contributed by atoms with E-state index in [1.807, 2.05) is 0 Å². The summed E-state index contributed by atoms with van der Waals surface area (Å²) in [6.07, 6.45) is 6.76. The molecule has 80 valence electrons. The molecule has 0 radical (unpaired) electrons. The summed E-state index contributed by atoms with van der Waals surface area (Å²) in [6, 6.07) is 0. The van der Waals surface area contributed by atoms with Crippen molar-refractivity contribution in [2.24, 2.45) is 10.8 Å². The summed E-state index contributed by atoms with van der Waals surface area (Å²) < 4.78 is 0. The Labute approximate surface area is 85.9 Å². The summed E-state index contributed by atoms with van der Waals surface area (Å²) in [4.78, 5) is 0. The van der Waals surface area contributed by atoms with Crippen molar-refractivity contribution in [1.82, 2.24) is 0 Å². The Morgan fingerprint density at radius 2 is 1.36 bits per heavy atom. The summed E-state index contributed by atoms with van der Waals surface area (Å²) in [6.45, 7) is 4.71. The second-order valence-electron chi connectivity index (χ2n) is 7.41. The standard InChI is InChI=1S/C12H21NO/c1-9-3-10(2)5-11(13,4-9)8-12(14,6-9)7-10/h14H,3-8,13H2,1-2H3/p+1. The summed E-state index contributed by atoms with van der Waals surface area (Å²) >= 11 is 0. The Morgan fingerprint density at radius 1 is 0.857 bits per heavy atom. The third-order valence-electron chi connectivity index (χ3n) is 4.67. The third kappa shape index (κ3) is 1.10. The van der Waals surface area contributed by atoms with E-state index in [9.17, 15) is 5.11 Å². The molecule has 0 heterocycles. The first kappa shape index (κ1) is 9.17. The third-order valence-corrected chi connectivity index (χ3v) is 4.67. The van der Waals surface area contributed by atoms with Crippen molar-refractivity contribution in [3.05, 3.63) is 0 Å². The zero-order valence-corrected chi connectivity index (χ0v) is 9.40. The average molecular weight is 196 g/mol. The summed E-state index contributed by atoms with van der Waals surface area (Å²) in [7, 11) is 0. The van der Waals surface area contributed by atoms with Crippen LogP contribution in [0.3, 0.4) is 0 Å². The summed E-state index contributed by atoms with van der Waals surface area (Å²) in [5.74, 6) is 0. The lowest BCUT2D eigenvalue weighted by molar-refractivity contribution is -0.522. The molecule has 2 unspecified atom stereocenters. The molecule has 2 heteroatoms. The van der Waals surface area contributed by atoms with Crippen molar-refractivity contribution in [2.75, 3.05) is 0 Å². The molecule has 0 amide bonds. The van der Waals surface area contributed by atoms with Crippen LogP contribution in [0.2, 0.25) is 0 Å². The van der Waals surface area contributed by atoms with Gasteiger partial charge in [0.1, 0.15) is 0 Å². The maximum Gasteiger partial charge on any atom is 0.0984 e. The van der Waals surface area contributed by atoms with Crippen molar-refractivity contribution in [2.45, 2.75) is 63.5 Å². The van der Waals surface area contributed by atoms with Gasteiger partial charge in [-0.05, 0) is 30.1 Å². The van der Waals surface area contributed by atoms with E-state index in [4.69, 9.17) is 0 Å². The number of rotatable bonds is 0. The maximum atomic E-state index is 10.6. The second kappa shape index (κ2) is 2.05. The van der Waals surface area contributed by atoms with Crippen LogP contribution in [0.4, 0.5) is 0 Å². The van der Waals surface area contributed by atoms with Crippen LogP contribution in [-0.2, 0) is 0 Å². The average Bonchev–Trinajstić information content (AvgIpc) is 1.67. The van der Waals surface area contributed by atoms with E-state index in [1.54, 1.807) is 0 Å². The lowest BCUT2D eigenvalue weighted by atomic mass is 9.41. The molecule has 0 aromatic rings. The summed E-state index contributed by atoms with van der Waals surface area (Å²) in [5, 5.41) is 10.6. The van der Waals surface area contributed by atoms with E-state index in [-0.39, 0.29) is 11.1 Å². The van der Waals surface area contributed by atoms with Crippen molar-refractivity contribution in [3.8, 4) is 0 Å². The van der Waals surface area contributed by atoms with Gasteiger partial charge in [0.05, 0.1) is 11.1 Å². The minimum atomic E-state index is -0.375. The molecule has 4 aliphatic carbocycles. The van der Waals surface area contributed by atoms with Crippen LogP contribution >= 0.6 is 0 Å². The molecular formula is C12H22NO+. The fourth-order valence-electron chi connectivity index (χ4n) is 5.88. The molecular weight excluding hydrogens is 174 g/mol. The van der Waals surface area contributed by atoms with Crippen molar-refractivity contribution >= 4 is 0 Å². The Hall–Kier alpha value is -0.0800. The van der Waals surface area contributed by atoms with Crippen LogP contribution in [0.5, 0.6) is 0 Å². The van der Waals surface area contributed by atoms with E-state index in [2.05, 4.69) is 19.6 Å². The van der Waals surface area contributed by atoms with E-state index in [1.165, 1.54) is 19.3 Å². The Morgan fingerprint density at radius 3 is 1.71 bits per heavy atom. The van der Waals surface area contributed by atoms with Crippen LogP contribution in [0.15, 0.2) is 0 Å². The summed E-state index contributed by atoms with van der Waals surface area (Å²) in [5.41, 5.74) is 4.97. The lowest BCUT2D eigenvalue weighted by Gasteiger charge is -2.65. The highest BCUT2D eigenvalue weighted by molar-refractivity contribution is 5.16. The van der Waals surface area contributed by atoms with Gasteiger partial charge in [-0.3, -0.25) is 0 Å². The fourth-order valence-corrected chi connectivity index (χ4v) is 5.88. The SMILES string of the molecule is CC12CC3(C)CC([NH3+])(C1)CC(O)(C2)C3. The molecule has 4 aliphatic rings. The molecule has 2 nitrogen and oxygen atoms in total. The van der Waals surface area contributed by atoms with Crippen LogP contribution < -0.4 is 5.73 Å². The smallest absolute Gasteiger partial charge is 0.0984 e. The van der Waals surface area contributed by atoms with Gasteiger partial charge in [-0.15, -0.1) is 0 Å². The Bertz CT molecular complexity index is 203. The number of hydrogen-bond donors (Lipinski definition) is 2. The zero-order chi connectivity index (χ0) is 10.2. The Kier molecular flexibility index (Phi) is 1.34. The second-order valence-corrected chi connectivity index (χ2v) is 7.41.